The summed E-state index contributed by atoms with van der Waals surface area (Å²) >= 11 is 0. The molecule has 0 radical (unpaired) electrons. The number of alkyl halides is 6. The predicted molar refractivity (Wildman–Crippen MR) is 152 cm³/mol. The molecule has 8 nitrogen and oxygen atoms in total. The van der Waals surface area contributed by atoms with Crippen molar-refractivity contribution in [3.8, 4) is 5.75 Å². The number of hydrogen-bond donors (Lipinski definition) is 1. The first-order chi connectivity index (χ1) is 20.8. The molecule has 1 aliphatic carbocycles. The summed E-state index contributed by atoms with van der Waals surface area (Å²) in [6, 6.07) is 11.8. The third-order valence-corrected chi connectivity index (χ3v) is 7.95. The molecule has 2 aromatic carbocycles. The maximum absolute atomic E-state index is 13.3. The van der Waals surface area contributed by atoms with Gasteiger partial charge in [-0.05, 0) is 61.6 Å². The van der Waals surface area contributed by atoms with Gasteiger partial charge in [-0.25, -0.2) is 4.98 Å². The number of pyridine rings is 1. The summed E-state index contributed by atoms with van der Waals surface area (Å²) in [7, 11) is 0. The third kappa shape index (κ3) is 7.90. The number of ether oxygens (including phenoxy) is 1. The van der Waals surface area contributed by atoms with E-state index < -0.39 is 34.1 Å². The predicted octanol–water partition coefficient (Wildman–Crippen LogP) is 7.15. The number of halogens is 6. The van der Waals surface area contributed by atoms with Gasteiger partial charge in [0.1, 0.15) is 17.1 Å². The molecule has 5 rings (SSSR count). The smallest absolute Gasteiger partial charge is 0.423 e. The highest BCUT2D eigenvalue weighted by molar-refractivity contribution is 5.55. The van der Waals surface area contributed by atoms with Gasteiger partial charge in [-0.1, -0.05) is 12.1 Å². The summed E-state index contributed by atoms with van der Waals surface area (Å²) < 4.78 is 84.7. The molecule has 3 aromatic rings. The maximum atomic E-state index is 13.3. The fourth-order valence-corrected chi connectivity index (χ4v) is 5.60. The molecule has 1 N–H and O–H groups in total. The fraction of sp³-hybridized carbons (Fsp3) is 0.433. The van der Waals surface area contributed by atoms with E-state index in [1.165, 1.54) is 18.2 Å². The SMILES string of the molecule is O=[N+]([O-])c1ccc(NC2CCC(Oc3ccnc(N4CCN(Cc5ccc(C(F)(F)F)cc5)CC4)c3)CC2)cc1C(F)(F)F. The number of hydrogen-bond acceptors (Lipinski definition) is 7. The van der Waals surface area contributed by atoms with Crippen LogP contribution in [0.1, 0.15) is 42.4 Å². The number of benzene rings is 2. The van der Waals surface area contributed by atoms with Gasteiger partial charge >= 0.3 is 12.4 Å². The molecule has 1 saturated carbocycles. The second-order valence-electron chi connectivity index (χ2n) is 11.0. The monoisotopic (exact) mass is 623 g/mol. The average Bonchev–Trinajstić information content (AvgIpc) is 2.98. The van der Waals surface area contributed by atoms with Crippen LogP contribution in [0.25, 0.3) is 0 Å². The summed E-state index contributed by atoms with van der Waals surface area (Å²) in [4.78, 5) is 18.8. The first-order valence-corrected chi connectivity index (χ1v) is 14.2. The van der Waals surface area contributed by atoms with E-state index in [1.807, 2.05) is 6.07 Å². The van der Waals surface area contributed by atoms with Crippen LogP contribution >= 0.6 is 0 Å². The van der Waals surface area contributed by atoms with Gasteiger partial charge in [-0.2, -0.15) is 26.3 Å². The van der Waals surface area contributed by atoms with Gasteiger partial charge in [0.05, 0.1) is 16.6 Å². The van der Waals surface area contributed by atoms with Crippen molar-refractivity contribution in [2.24, 2.45) is 0 Å². The van der Waals surface area contributed by atoms with Crippen LogP contribution in [0.5, 0.6) is 5.75 Å². The number of piperazine rings is 1. The topological polar surface area (TPSA) is 83.8 Å². The van der Waals surface area contributed by atoms with Crippen molar-refractivity contribution in [2.75, 3.05) is 36.4 Å². The zero-order valence-electron chi connectivity index (χ0n) is 23.6. The molecule has 0 amide bonds. The van der Waals surface area contributed by atoms with E-state index in [0.29, 0.717) is 51.1 Å². The zero-order valence-corrected chi connectivity index (χ0v) is 23.6. The molecule has 2 heterocycles. The van der Waals surface area contributed by atoms with Crippen LogP contribution in [-0.4, -0.2) is 53.1 Å². The van der Waals surface area contributed by atoms with Crippen LogP contribution in [0.15, 0.2) is 60.8 Å². The van der Waals surface area contributed by atoms with Gasteiger partial charge in [0.25, 0.3) is 5.69 Å². The van der Waals surface area contributed by atoms with E-state index in [1.54, 1.807) is 12.3 Å². The van der Waals surface area contributed by atoms with Crippen molar-refractivity contribution in [3.05, 3.63) is 87.6 Å². The minimum atomic E-state index is -4.84. The lowest BCUT2D eigenvalue weighted by Crippen LogP contribution is -2.46. The van der Waals surface area contributed by atoms with Crippen LogP contribution < -0.4 is 15.0 Å². The molecule has 1 aromatic heterocycles. The van der Waals surface area contributed by atoms with Crippen molar-refractivity contribution in [1.82, 2.24) is 9.88 Å². The van der Waals surface area contributed by atoms with Crippen molar-refractivity contribution in [2.45, 2.75) is 56.7 Å². The number of anilines is 2. The number of nitro benzene ring substituents is 1. The summed E-state index contributed by atoms with van der Waals surface area (Å²) in [6.45, 7) is 3.42. The second kappa shape index (κ2) is 12.9. The van der Waals surface area contributed by atoms with Crippen LogP contribution in [0.2, 0.25) is 0 Å². The molecule has 2 aliphatic rings. The molecule has 0 atom stereocenters. The Labute approximate surface area is 249 Å². The van der Waals surface area contributed by atoms with Crippen LogP contribution in [0.4, 0.5) is 43.5 Å². The Bertz CT molecular complexity index is 1430. The van der Waals surface area contributed by atoms with Gasteiger partial charge < -0.3 is 15.0 Å². The van der Waals surface area contributed by atoms with Crippen LogP contribution in [0, 0.1) is 10.1 Å². The maximum Gasteiger partial charge on any atom is 0.423 e. The van der Waals surface area contributed by atoms with Crippen LogP contribution in [0.3, 0.4) is 0 Å². The first-order valence-electron chi connectivity index (χ1n) is 14.2. The summed E-state index contributed by atoms with van der Waals surface area (Å²) in [5.41, 5.74) is -1.90. The van der Waals surface area contributed by atoms with Gasteiger partial charge in [-0.3, -0.25) is 15.0 Å². The molecule has 0 unspecified atom stereocenters. The number of nitrogens with one attached hydrogen (secondary N) is 1. The van der Waals surface area contributed by atoms with Crippen molar-refractivity contribution < 1.29 is 36.0 Å². The number of nitrogens with zero attached hydrogens (tertiary/aromatic N) is 4. The Morgan fingerprint density at radius 2 is 1.57 bits per heavy atom. The highest BCUT2D eigenvalue weighted by Gasteiger charge is 2.38. The van der Waals surface area contributed by atoms with Crippen molar-refractivity contribution >= 4 is 17.2 Å². The molecular formula is C30H31F6N5O3. The fourth-order valence-electron chi connectivity index (χ4n) is 5.60. The number of nitro groups is 1. The Hall–Kier alpha value is -4.07. The Morgan fingerprint density at radius 1 is 0.886 bits per heavy atom. The van der Waals surface area contributed by atoms with Crippen molar-refractivity contribution in [3.63, 3.8) is 0 Å². The molecular weight excluding hydrogens is 592 g/mol. The van der Waals surface area contributed by atoms with Crippen molar-refractivity contribution in [1.29, 1.82) is 0 Å². The first kappa shape index (κ1) is 31.4. The van der Waals surface area contributed by atoms with E-state index in [4.69, 9.17) is 4.74 Å². The lowest BCUT2D eigenvalue weighted by molar-refractivity contribution is -0.388. The highest BCUT2D eigenvalue weighted by Crippen LogP contribution is 2.38. The highest BCUT2D eigenvalue weighted by atomic mass is 19.4. The van der Waals surface area contributed by atoms with Crippen LogP contribution in [-0.2, 0) is 18.9 Å². The second-order valence-corrected chi connectivity index (χ2v) is 11.0. The van der Waals surface area contributed by atoms with E-state index in [9.17, 15) is 36.5 Å². The molecule has 0 bridgehead atoms. The third-order valence-electron chi connectivity index (χ3n) is 7.95. The molecule has 0 spiro atoms. The molecule has 1 aliphatic heterocycles. The lowest BCUT2D eigenvalue weighted by Gasteiger charge is -2.35. The quantitative estimate of drug-likeness (QED) is 0.162. The molecule has 1 saturated heterocycles. The minimum absolute atomic E-state index is 0.0773. The Kier molecular flexibility index (Phi) is 9.18. The summed E-state index contributed by atoms with van der Waals surface area (Å²) in [5, 5.41) is 14.1. The summed E-state index contributed by atoms with van der Waals surface area (Å²) in [6.07, 6.45) is -4.92. The van der Waals surface area contributed by atoms with Gasteiger partial charge in [0, 0.05) is 62.8 Å². The molecule has 2 fully saturated rings. The molecule has 44 heavy (non-hydrogen) atoms. The van der Waals surface area contributed by atoms with E-state index >= 15 is 0 Å². The normalized spacial score (nSPS) is 19.9. The van der Waals surface area contributed by atoms with E-state index in [-0.39, 0.29) is 17.8 Å². The van der Waals surface area contributed by atoms with Gasteiger partial charge in [-0.15, -0.1) is 0 Å². The molecule has 14 heteroatoms. The summed E-state index contributed by atoms with van der Waals surface area (Å²) in [5.74, 6) is 1.44. The van der Waals surface area contributed by atoms with Gasteiger partial charge in [0.15, 0.2) is 0 Å². The number of rotatable bonds is 8. The average molecular weight is 624 g/mol. The zero-order chi connectivity index (χ0) is 31.5. The van der Waals surface area contributed by atoms with E-state index in [2.05, 4.69) is 20.1 Å². The number of aromatic nitrogens is 1. The Balaban J connectivity index is 1.09. The molecule has 236 valence electrons. The lowest BCUT2D eigenvalue weighted by atomic mass is 9.92. The van der Waals surface area contributed by atoms with E-state index in [0.717, 1.165) is 48.7 Å². The minimum Gasteiger partial charge on any atom is -0.490 e. The van der Waals surface area contributed by atoms with Gasteiger partial charge in [0.2, 0.25) is 0 Å². The standard InChI is InChI=1S/C30H31F6N5O3/c31-29(32,33)21-3-1-20(2-4-21)19-39-13-15-40(16-14-39)28-18-25(11-12-37-28)44-24-8-5-22(6-9-24)38-23-7-10-27(41(42)43)26(17-23)30(34,35)36/h1-4,7,10-12,17-18,22,24,38H,5-6,8-9,13-16,19H2. The Morgan fingerprint density at radius 3 is 2.18 bits per heavy atom. The largest absolute Gasteiger partial charge is 0.490 e.